The first-order valence-corrected chi connectivity index (χ1v) is 11.7. The Morgan fingerprint density at radius 3 is 2.74 bits per heavy atom. The van der Waals surface area contributed by atoms with Gasteiger partial charge in [-0.25, -0.2) is 4.98 Å². The summed E-state index contributed by atoms with van der Waals surface area (Å²) >= 11 is 0. The highest BCUT2D eigenvalue weighted by molar-refractivity contribution is 5.68. The van der Waals surface area contributed by atoms with Gasteiger partial charge >= 0.3 is 0 Å². The summed E-state index contributed by atoms with van der Waals surface area (Å²) in [4.78, 5) is 6.73. The molecule has 0 radical (unpaired) electrons. The van der Waals surface area contributed by atoms with Crippen molar-refractivity contribution in [3.8, 4) is 28.7 Å². The van der Waals surface area contributed by atoms with Crippen LogP contribution in [-0.4, -0.2) is 50.5 Å². The van der Waals surface area contributed by atoms with E-state index in [2.05, 4.69) is 39.7 Å². The molecule has 0 atom stereocenters. The molecule has 1 saturated heterocycles. The molecule has 0 bridgehead atoms. The van der Waals surface area contributed by atoms with Crippen LogP contribution >= 0.6 is 0 Å². The number of nitrogen functional groups attached to an aromatic ring is 1. The van der Waals surface area contributed by atoms with Crippen LogP contribution in [0.4, 0.5) is 5.82 Å². The van der Waals surface area contributed by atoms with Crippen molar-refractivity contribution in [2.24, 2.45) is 0 Å². The van der Waals surface area contributed by atoms with Gasteiger partial charge in [-0.3, -0.25) is 4.68 Å². The molecule has 7 nitrogen and oxygen atoms in total. The number of pyridine rings is 1. The number of aryl methyl sites for hydroxylation is 1. The minimum Gasteiger partial charge on any atom is -0.485 e. The molecule has 0 aliphatic carbocycles. The Morgan fingerprint density at radius 1 is 1.24 bits per heavy atom. The standard InChI is InChI=1S/C27H33N5O2/c1-19-24(17-32(30-19)23-9-12-31(4)13-10-23)22-15-25(26(28)29-16-22)34-18-21-7-5-6-20(14-21)8-11-27(2,3)33/h5-7,14-17,23,33H,9-10,12-13,18H2,1-4H3,(H2,28,29). The molecule has 0 amide bonds. The topological polar surface area (TPSA) is 89.4 Å². The molecule has 1 aliphatic rings. The molecule has 1 aliphatic heterocycles. The van der Waals surface area contributed by atoms with E-state index in [0.717, 1.165) is 53.9 Å². The van der Waals surface area contributed by atoms with Crippen LogP contribution in [0.1, 0.15) is 49.6 Å². The molecule has 3 heterocycles. The molecule has 178 valence electrons. The number of likely N-dealkylation sites (tertiary alicyclic amines) is 1. The van der Waals surface area contributed by atoms with E-state index in [1.165, 1.54) is 0 Å². The maximum Gasteiger partial charge on any atom is 0.166 e. The average Bonchev–Trinajstić information content (AvgIpc) is 3.19. The number of benzene rings is 1. The smallest absolute Gasteiger partial charge is 0.166 e. The van der Waals surface area contributed by atoms with Crippen molar-refractivity contribution in [3.63, 3.8) is 0 Å². The molecule has 4 rings (SSSR count). The molecule has 0 unspecified atom stereocenters. The van der Waals surface area contributed by atoms with Crippen LogP contribution in [-0.2, 0) is 6.61 Å². The highest BCUT2D eigenvalue weighted by Crippen LogP contribution is 2.31. The summed E-state index contributed by atoms with van der Waals surface area (Å²) in [5.74, 6) is 6.72. The van der Waals surface area contributed by atoms with Gasteiger partial charge in [0.25, 0.3) is 0 Å². The number of hydrogen-bond donors (Lipinski definition) is 2. The van der Waals surface area contributed by atoms with E-state index in [-0.39, 0.29) is 0 Å². The average molecular weight is 460 g/mol. The third kappa shape index (κ3) is 5.96. The largest absolute Gasteiger partial charge is 0.485 e. The van der Waals surface area contributed by atoms with Gasteiger partial charge in [0, 0.05) is 29.1 Å². The van der Waals surface area contributed by atoms with E-state index in [1.807, 2.05) is 37.3 Å². The van der Waals surface area contributed by atoms with Gasteiger partial charge in [-0.15, -0.1) is 0 Å². The second-order valence-electron chi connectivity index (χ2n) is 9.55. The van der Waals surface area contributed by atoms with E-state index in [9.17, 15) is 5.11 Å². The molecule has 0 saturated carbocycles. The lowest BCUT2D eigenvalue weighted by Crippen LogP contribution is -2.31. The van der Waals surface area contributed by atoms with E-state index in [4.69, 9.17) is 15.6 Å². The molecule has 1 aromatic carbocycles. The number of nitrogens with zero attached hydrogens (tertiary/aromatic N) is 4. The Morgan fingerprint density at radius 2 is 2.00 bits per heavy atom. The van der Waals surface area contributed by atoms with E-state index >= 15 is 0 Å². The molecule has 3 N–H and O–H groups in total. The summed E-state index contributed by atoms with van der Waals surface area (Å²) in [6.07, 6.45) is 6.10. The van der Waals surface area contributed by atoms with Gasteiger partial charge in [-0.1, -0.05) is 24.0 Å². The first kappa shape index (κ1) is 23.8. The number of ether oxygens (including phenoxy) is 1. The first-order chi connectivity index (χ1) is 16.2. The van der Waals surface area contributed by atoms with Crippen LogP contribution in [0.2, 0.25) is 0 Å². The molecule has 1 fully saturated rings. The number of anilines is 1. The molecule has 2 aromatic heterocycles. The quantitative estimate of drug-likeness (QED) is 0.564. The maximum absolute atomic E-state index is 9.83. The lowest BCUT2D eigenvalue weighted by atomic mass is 10.1. The van der Waals surface area contributed by atoms with Crippen molar-refractivity contribution >= 4 is 5.82 Å². The van der Waals surface area contributed by atoms with Crippen LogP contribution in [0.15, 0.2) is 42.7 Å². The van der Waals surface area contributed by atoms with Gasteiger partial charge in [0.05, 0.1) is 11.7 Å². The van der Waals surface area contributed by atoms with Crippen molar-refractivity contribution in [3.05, 3.63) is 59.5 Å². The minimum absolute atomic E-state index is 0.335. The third-order valence-electron chi connectivity index (χ3n) is 6.01. The Kier molecular flexibility index (Phi) is 6.92. The van der Waals surface area contributed by atoms with Gasteiger partial charge in [0.2, 0.25) is 0 Å². The fourth-order valence-electron chi connectivity index (χ4n) is 4.05. The second kappa shape index (κ2) is 9.88. The number of aromatic nitrogens is 3. The fraction of sp³-hybridized carbons (Fsp3) is 0.407. The third-order valence-corrected chi connectivity index (χ3v) is 6.01. The van der Waals surface area contributed by atoms with Crippen molar-refractivity contribution in [1.29, 1.82) is 0 Å². The predicted molar refractivity (Wildman–Crippen MR) is 134 cm³/mol. The van der Waals surface area contributed by atoms with Gasteiger partial charge in [0.1, 0.15) is 12.2 Å². The van der Waals surface area contributed by atoms with Crippen LogP contribution in [0, 0.1) is 18.8 Å². The molecular formula is C27H33N5O2. The van der Waals surface area contributed by atoms with Crippen LogP contribution in [0.25, 0.3) is 11.1 Å². The predicted octanol–water partition coefficient (Wildman–Crippen LogP) is 3.80. The van der Waals surface area contributed by atoms with Crippen molar-refractivity contribution < 1.29 is 9.84 Å². The lowest BCUT2D eigenvalue weighted by Gasteiger charge is -2.29. The fourth-order valence-corrected chi connectivity index (χ4v) is 4.05. The summed E-state index contributed by atoms with van der Waals surface area (Å²) < 4.78 is 8.15. The number of hydrogen-bond acceptors (Lipinski definition) is 6. The van der Waals surface area contributed by atoms with Gasteiger partial charge < -0.3 is 20.5 Å². The van der Waals surface area contributed by atoms with Crippen LogP contribution in [0.3, 0.4) is 0 Å². The summed E-state index contributed by atoms with van der Waals surface area (Å²) in [5, 5.41) is 14.6. The zero-order valence-electron chi connectivity index (χ0n) is 20.4. The van der Waals surface area contributed by atoms with E-state index < -0.39 is 5.60 Å². The lowest BCUT2D eigenvalue weighted by molar-refractivity contribution is 0.143. The summed E-state index contributed by atoms with van der Waals surface area (Å²) in [7, 11) is 2.16. The highest BCUT2D eigenvalue weighted by Gasteiger charge is 2.21. The Balaban J connectivity index is 1.50. The van der Waals surface area contributed by atoms with Gasteiger partial charge in [-0.05, 0) is 77.5 Å². The van der Waals surface area contributed by atoms with Crippen molar-refractivity contribution in [2.45, 2.75) is 51.9 Å². The number of piperidine rings is 1. The highest BCUT2D eigenvalue weighted by atomic mass is 16.5. The maximum atomic E-state index is 9.83. The Labute approximate surface area is 201 Å². The minimum atomic E-state index is -1.04. The van der Waals surface area contributed by atoms with Gasteiger partial charge in [-0.2, -0.15) is 5.10 Å². The first-order valence-electron chi connectivity index (χ1n) is 11.7. The zero-order chi connectivity index (χ0) is 24.3. The molecule has 3 aromatic rings. The second-order valence-corrected chi connectivity index (χ2v) is 9.55. The van der Waals surface area contributed by atoms with Crippen molar-refractivity contribution in [2.75, 3.05) is 25.9 Å². The molecular weight excluding hydrogens is 426 g/mol. The molecule has 34 heavy (non-hydrogen) atoms. The molecule has 0 spiro atoms. The normalized spacial score (nSPS) is 15.1. The number of rotatable bonds is 5. The summed E-state index contributed by atoms with van der Waals surface area (Å²) in [6.45, 7) is 7.86. The monoisotopic (exact) mass is 459 g/mol. The van der Waals surface area contributed by atoms with Gasteiger partial charge in [0.15, 0.2) is 11.6 Å². The van der Waals surface area contributed by atoms with Crippen molar-refractivity contribution in [1.82, 2.24) is 19.7 Å². The van der Waals surface area contributed by atoms with Crippen LogP contribution in [0.5, 0.6) is 5.75 Å². The van der Waals surface area contributed by atoms with Crippen LogP contribution < -0.4 is 10.5 Å². The number of aliphatic hydroxyl groups is 1. The van der Waals surface area contributed by atoms with E-state index in [0.29, 0.717) is 24.2 Å². The number of nitrogens with two attached hydrogens (primary N) is 1. The molecule has 7 heteroatoms. The summed E-state index contributed by atoms with van der Waals surface area (Å²) in [5.41, 5.74) is 9.80. The SMILES string of the molecule is Cc1nn(C2CCN(C)CC2)cc1-c1cnc(N)c(OCc2cccc(C#CC(C)(C)O)c2)c1. The summed E-state index contributed by atoms with van der Waals surface area (Å²) in [6, 6.07) is 10.1. The zero-order valence-corrected chi connectivity index (χ0v) is 20.4. The Hall–Kier alpha value is -3.34. The van der Waals surface area contributed by atoms with E-state index in [1.54, 1.807) is 20.0 Å². The Bertz CT molecular complexity index is 1210.